The molecule has 2 aromatic carbocycles. The first-order chi connectivity index (χ1) is 15.5. The maximum absolute atomic E-state index is 13.4. The maximum atomic E-state index is 13.4. The fraction of sp³-hybridized carbons (Fsp3) is 0.292. The van der Waals surface area contributed by atoms with Gasteiger partial charge in [-0.15, -0.1) is 11.3 Å². The van der Waals surface area contributed by atoms with Gasteiger partial charge in [-0.3, -0.25) is 4.79 Å². The van der Waals surface area contributed by atoms with Crippen LogP contribution in [0.1, 0.15) is 27.5 Å². The number of hydrogen-bond acceptors (Lipinski definition) is 6. The predicted octanol–water partition coefficient (Wildman–Crippen LogP) is 4.73. The van der Waals surface area contributed by atoms with Crippen molar-refractivity contribution in [3.8, 4) is 10.6 Å². The zero-order chi connectivity index (χ0) is 22.2. The highest BCUT2D eigenvalue weighted by atomic mass is 32.1. The smallest absolute Gasteiger partial charge is 0.311 e. The molecule has 0 aliphatic carbocycles. The quantitative estimate of drug-likeness (QED) is 0.411. The van der Waals surface area contributed by atoms with E-state index in [-0.39, 0.29) is 24.8 Å². The Morgan fingerprint density at radius 1 is 1.22 bits per heavy atom. The molecule has 0 fully saturated rings. The number of aromatic nitrogens is 3. The number of hydrogen-bond donors (Lipinski definition) is 0. The molecule has 6 nitrogen and oxygen atoms in total. The predicted molar refractivity (Wildman–Crippen MR) is 120 cm³/mol. The van der Waals surface area contributed by atoms with Gasteiger partial charge in [-0.2, -0.15) is 0 Å². The second-order valence-corrected chi connectivity index (χ2v) is 8.96. The van der Waals surface area contributed by atoms with Crippen molar-refractivity contribution in [3.63, 3.8) is 0 Å². The summed E-state index contributed by atoms with van der Waals surface area (Å²) in [7, 11) is 0. The van der Waals surface area contributed by atoms with Crippen LogP contribution in [0.25, 0.3) is 21.6 Å². The Balaban J connectivity index is 1.26. The van der Waals surface area contributed by atoms with Gasteiger partial charge >= 0.3 is 5.97 Å². The van der Waals surface area contributed by atoms with Crippen molar-refractivity contribution >= 4 is 28.3 Å². The lowest BCUT2D eigenvalue weighted by Gasteiger charge is -2.14. The monoisotopic (exact) mass is 451 g/mol. The van der Waals surface area contributed by atoms with Crippen LogP contribution in [0.15, 0.2) is 36.4 Å². The number of benzene rings is 2. The number of aryl methyl sites for hydroxylation is 2. The van der Waals surface area contributed by atoms with Crippen LogP contribution in [0.3, 0.4) is 0 Å². The zero-order valence-corrected chi connectivity index (χ0v) is 18.7. The summed E-state index contributed by atoms with van der Waals surface area (Å²) in [5.74, 6) is 0.343. The molecule has 1 aliphatic heterocycles. The average molecular weight is 452 g/mol. The number of imidazole rings is 1. The van der Waals surface area contributed by atoms with E-state index in [4.69, 9.17) is 9.47 Å². The number of carbonyl (C=O) groups is 1. The molecule has 0 saturated heterocycles. The lowest BCUT2D eigenvalue weighted by atomic mass is 10.1. The van der Waals surface area contributed by atoms with E-state index in [1.165, 1.54) is 23.5 Å². The fourth-order valence-electron chi connectivity index (χ4n) is 3.91. The number of thiazole rings is 1. The third kappa shape index (κ3) is 4.03. The minimum absolute atomic E-state index is 0.155. The Hall–Kier alpha value is -3.10. The van der Waals surface area contributed by atoms with Gasteiger partial charge in [-0.25, -0.2) is 14.4 Å². The molecule has 0 spiro atoms. The SMILES string of the molecule is Cc1cc(F)ccc1-c1nc(C)c(CC(=O)OCc2ccc3c(c2)nc2n3CCOC2)s1. The van der Waals surface area contributed by atoms with Gasteiger partial charge < -0.3 is 14.0 Å². The van der Waals surface area contributed by atoms with Gasteiger partial charge in [0, 0.05) is 17.0 Å². The summed E-state index contributed by atoms with van der Waals surface area (Å²) in [6, 6.07) is 10.6. The van der Waals surface area contributed by atoms with Crippen LogP contribution < -0.4 is 0 Å². The molecular formula is C24H22FN3O3S. The van der Waals surface area contributed by atoms with Crippen molar-refractivity contribution in [2.45, 2.75) is 40.0 Å². The highest BCUT2D eigenvalue weighted by Gasteiger charge is 2.17. The van der Waals surface area contributed by atoms with Crippen LogP contribution in [0.2, 0.25) is 0 Å². The first-order valence-corrected chi connectivity index (χ1v) is 11.2. The summed E-state index contributed by atoms with van der Waals surface area (Å²) in [5, 5.41) is 0.779. The maximum Gasteiger partial charge on any atom is 0.311 e. The first-order valence-electron chi connectivity index (χ1n) is 10.4. The van der Waals surface area contributed by atoms with Crippen molar-refractivity contribution < 1.29 is 18.7 Å². The molecule has 0 unspecified atom stereocenters. The standard InChI is InChI=1S/C24H22FN3O3S/c1-14-9-17(25)4-5-18(14)24-26-15(2)21(32-24)11-23(29)31-12-16-3-6-20-19(10-16)27-22-13-30-8-7-28(20)22/h3-6,9-10H,7-8,11-13H2,1-2H3. The number of fused-ring (bicyclic) bond motifs is 3. The van der Waals surface area contributed by atoms with Crippen molar-refractivity contribution in [2.24, 2.45) is 0 Å². The van der Waals surface area contributed by atoms with Crippen molar-refractivity contribution in [2.75, 3.05) is 6.61 Å². The molecule has 164 valence electrons. The lowest BCUT2D eigenvalue weighted by Crippen LogP contribution is -2.16. The van der Waals surface area contributed by atoms with Gasteiger partial charge in [-0.05, 0) is 55.3 Å². The number of esters is 1. The number of carbonyl (C=O) groups excluding carboxylic acids is 1. The number of ether oxygens (including phenoxy) is 2. The fourth-order valence-corrected chi connectivity index (χ4v) is 5.05. The Morgan fingerprint density at radius 2 is 2.09 bits per heavy atom. The van der Waals surface area contributed by atoms with E-state index in [2.05, 4.69) is 14.5 Å². The summed E-state index contributed by atoms with van der Waals surface area (Å²) < 4.78 is 26.6. The number of nitrogens with zero attached hydrogens (tertiary/aromatic N) is 3. The summed E-state index contributed by atoms with van der Waals surface area (Å²) >= 11 is 1.44. The first kappa shape index (κ1) is 20.8. The Kier molecular flexibility index (Phi) is 5.48. The largest absolute Gasteiger partial charge is 0.461 e. The molecule has 0 N–H and O–H groups in total. The van der Waals surface area contributed by atoms with Crippen LogP contribution in [0, 0.1) is 19.7 Å². The molecule has 0 atom stereocenters. The van der Waals surface area contributed by atoms with E-state index in [0.29, 0.717) is 13.2 Å². The summed E-state index contributed by atoms with van der Waals surface area (Å²) in [5.41, 5.74) is 5.33. The molecule has 3 heterocycles. The van der Waals surface area contributed by atoms with E-state index in [1.807, 2.05) is 32.0 Å². The molecule has 0 radical (unpaired) electrons. The molecule has 5 rings (SSSR count). The van der Waals surface area contributed by atoms with E-state index in [0.717, 1.165) is 55.7 Å². The van der Waals surface area contributed by atoms with Gasteiger partial charge in [0.15, 0.2) is 0 Å². The van der Waals surface area contributed by atoms with Gasteiger partial charge in [0.05, 0.1) is 29.8 Å². The molecule has 8 heteroatoms. The molecule has 0 bridgehead atoms. The third-order valence-corrected chi connectivity index (χ3v) is 6.79. The second kappa shape index (κ2) is 8.44. The Labute approximate surface area is 188 Å². The molecule has 4 aromatic rings. The highest BCUT2D eigenvalue weighted by Crippen LogP contribution is 2.31. The topological polar surface area (TPSA) is 66.2 Å². The molecule has 32 heavy (non-hydrogen) atoms. The van der Waals surface area contributed by atoms with Crippen LogP contribution >= 0.6 is 11.3 Å². The molecular weight excluding hydrogens is 429 g/mol. The molecule has 2 aromatic heterocycles. The van der Waals surface area contributed by atoms with E-state index in [1.54, 1.807) is 6.07 Å². The number of rotatable bonds is 5. The van der Waals surface area contributed by atoms with E-state index >= 15 is 0 Å². The zero-order valence-electron chi connectivity index (χ0n) is 17.9. The van der Waals surface area contributed by atoms with E-state index in [9.17, 15) is 9.18 Å². The number of halogens is 1. The molecule has 1 aliphatic rings. The summed E-state index contributed by atoms with van der Waals surface area (Å²) in [6.07, 6.45) is 0.155. The van der Waals surface area contributed by atoms with Crippen LogP contribution in [0.4, 0.5) is 4.39 Å². The third-order valence-electron chi connectivity index (χ3n) is 5.60. The minimum atomic E-state index is -0.309. The van der Waals surface area contributed by atoms with Gasteiger partial charge in [0.1, 0.15) is 29.9 Å². The molecule has 0 amide bonds. The minimum Gasteiger partial charge on any atom is -0.461 e. The highest BCUT2D eigenvalue weighted by molar-refractivity contribution is 7.15. The van der Waals surface area contributed by atoms with E-state index < -0.39 is 0 Å². The van der Waals surface area contributed by atoms with Crippen molar-refractivity contribution in [3.05, 3.63) is 69.7 Å². The summed E-state index contributed by atoms with van der Waals surface area (Å²) in [6.45, 7) is 5.93. The Morgan fingerprint density at radius 3 is 2.94 bits per heavy atom. The van der Waals surface area contributed by atoms with Crippen LogP contribution in [0.5, 0.6) is 0 Å². The molecule has 0 saturated carbocycles. The van der Waals surface area contributed by atoms with Crippen LogP contribution in [-0.2, 0) is 40.4 Å². The van der Waals surface area contributed by atoms with Crippen molar-refractivity contribution in [1.29, 1.82) is 0 Å². The average Bonchev–Trinajstić information content (AvgIpc) is 3.32. The van der Waals surface area contributed by atoms with Crippen LogP contribution in [-0.4, -0.2) is 27.1 Å². The Bertz CT molecular complexity index is 1330. The summed E-state index contributed by atoms with van der Waals surface area (Å²) in [4.78, 5) is 22.5. The van der Waals surface area contributed by atoms with Crippen molar-refractivity contribution in [1.82, 2.24) is 14.5 Å². The van der Waals surface area contributed by atoms with Gasteiger partial charge in [-0.1, -0.05) is 6.07 Å². The second-order valence-electron chi connectivity index (χ2n) is 7.88. The lowest BCUT2D eigenvalue weighted by molar-refractivity contribution is -0.144. The normalized spacial score (nSPS) is 13.3. The van der Waals surface area contributed by atoms with Gasteiger partial charge in [0.2, 0.25) is 0 Å². The van der Waals surface area contributed by atoms with Gasteiger partial charge in [0.25, 0.3) is 0 Å².